The van der Waals surface area contributed by atoms with E-state index >= 15 is 0 Å². The molecule has 0 bridgehead atoms. The van der Waals surface area contributed by atoms with Gasteiger partial charge in [-0.15, -0.1) is 0 Å². The lowest BCUT2D eigenvalue weighted by Crippen LogP contribution is -2.23. The van der Waals surface area contributed by atoms with Gasteiger partial charge in [0.25, 0.3) is 0 Å². The SMILES string of the molecule is CCC1(C(=O)Nc2cccc(-c3ccnc4ccnn34)c2)CC1. The lowest BCUT2D eigenvalue weighted by atomic mass is 10.0. The van der Waals surface area contributed by atoms with Gasteiger partial charge in [0.1, 0.15) is 0 Å². The zero-order valence-corrected chi connectivity index (χ0v) is 13.0. The summed E-state index contributed by atoms with van der Waals surface area (Å²) in [7, 11) is 0. The van der Waals surface area contributed by atoms with E-state index in [0.29, 0.717) is 0 Å². The van der Waals surface area contributed by atoms with Crippen LogP contribution in [0.4, 0.5) is 5.69 Å². The van der Waals surface area contributed by atoms with Crippen molar-refractivity contribution in [1.82, 2.24) is 14.6 Å². The molecule has 23 heavy (non-hydrogen) atoms. The molecule has 3 aromatic rings. The van der Waals surface area contributed by atoms with Crippen LogP contribution in [-0.4, -0.2) is 20.5 Å². The van der Waals surface area contributed by atoms with E-state index in [1.54, 1.807) is 16.9 Å². The molecule has 0 radical (unpaired) electrons. The highest BCUT2D eigenvalue weighted by Crippen LogP contribution is 2.49. The van der Waals surface area contributed by atoms with E-state index in [-0.39, 0.29) is 11.3 Å². The zero-order valence-electron chi connectivity index (χ0n) is 13.0. The van der Waals surface area contributed by atoms with Crippen molar-refractivity contribution in [1.29, 1.82) is 0 Å². The fourth-order valence-electron chi connectivity index (χ4n) is 2.97. The third kappa shape index (κ3) is 2.38. The van der Waals surface area contributed by atoms with Crippen LogP contribution in [0.25, 0.3) is 16.9 Å². The topological polar surface area (TPSA) is 59.3 Å². The van der Waals surface area contributed by atoms with Crippen molar-refractivity contribution in [3.8, 4) is 11.3 Å². The minimum atomic E-state index is -0.137. The molecule has 116 valence electrons. The summed E-state index contributed by atoms with van der Waals surface area (Å²) in [6.07, 6.45) is 6.39. The molecule has 1 aliphatic carbocycles. The Morgan fingerprint density at radius 2 is 2.13 bits per heavy atom. The van der Waals surface area contributed by atoms with Gasteiger partial charge in [0.05, 0.1) is 11.9 Å². The zero-order chi connectivity index (χ0) is 15.9. The molecule has 1 aromatic carbocycles. The largest absolute Gasteiger partial charge is 0.326 e. The van der Waals surface area contributed by atoms with Gasteiger partial charge in [-0.25, -0.2) is 9.50 Å². The Balaban J connectivity index is 1.66. The number of amides is 1. The van der Waals surface area contributed by atoms with Crippen LogP contribution in [0.2, 0.25) is 0 Å². The molecule has 1 N–H and O–H groups in total. The molecule has 5 heteroatoms. The average Bonchev–Trinajstić information content (AvgIpc) is 3.24. The fourth-order valence-corrected chi connectivity index (χ4v) is 2.97. The predicted octanol–water partition coefficient (Wildman–Crippen LogP) is 3.53. The summed E-state index contributed by atoms with van der Waals surface area (Å²) in [4.78, 5) is 16.7. The molecule has 1 aliphatic rings. The molecule has 1 fully saturated rings. The van der Waals surface area contributed by atoms with Crippen molar-refractivity contribution in [2.24, 2.45) is 5.41 Å². The highest BCUT2D eigenvalue weighted by atomic mass is 16.2. The van der Waals surface area contributed by atoms with Crippen molar-refractivity contribution in [2.45, 2.75) is 26.2 Å². The molecule has 1 amide bonds. The van der Waals surface area contributed by atoms with E-state index < -0.39 is 0 Å². The molecule has 0 atom stereocenters. The first-order valence-electron chi connectivity index (χ1n) is 7.92. The Kier molecular flexibility index (Phi) is 3.15. The summed E-state index contributed by atoms with van der Waals surface area (Å²) in [5.74, 6) is 0.135. The highest BCUT2D eigenvalue weighted by Gasteiger charge is 2.47. The van der Waals surface area contributed by atoms with Gasteiger partial charge < -0.3 is 5.32 Å². The van der Waals surface area contributed by atoms with E-state index in [0.717, 1.165) is 41.9 Å². The van der Waals surface area contributed by atoms with Gasteiger partial charge in [-0.3, -0.25) is 4.79 Å². The second-order valence-corrected chi connectivity index (χ2v) is 6.10. The Morgan fingerprint density at radius 3 is 2.91 bits per heavy atom. The van der Waals surface area contributed by atoms with Crippen molar-refractivity contribution in [3.05, 3.63) is 48.8 Å². The van der Waals surface area contributed by atoms with Crippen LogP contribution in [0.1, 0.15) is 26.2 Å². The summed E-state index contributed by atoms with van der Waals surface area (Å²) in [5, 5.41) is 7.38. The molecule has 5 nitrogen and oxygen atoms in total. The molecular formula is C18H18N4O. The third-order valence-electron chi connectivity index (χ3n) is 4.72. The molecule has 0 saturated heterocycles. The number of benzene rings is 1. The standard InChI is InChI=1S/C18H18N4O/c1-2-18(8-9-18)17(23)21-14-5-3-4-13(12-14)15-6-10-19-16-7-11-20-22(15)16/h3-7,10-12H,2,8-9H2,1H3,(H,21,23). The molecular weight excluding hydrogens is 288 g/mol. The summed E-state index contributed by atoms with van der Waals surface area (Å²) in [6, 6.07) is 11.7. The van der Waals surface area contributed by atoms with E-state index in [4.69, 9.17) is 0 Å². The molecule has 2 aromatic heterocycles. The van der Waals surface area contributed by atoms with Crippen LogP contribution in [-0.2, 0) is 4.79 Å². The van der Waals surface area contributed by atoms with Crippen LogP contribution < -0.4 is 5.32 Å². The smallest absolute Gasteiger partial charge is 0.230 e. The Bertz CT molecular complexity index is 879. The summed E-state index contributed by atoms with van der Waals surface area (Å²) in [6.45, 7) is 2.08. The van der Waals surface area contributed by atoms with Crippen LogP contribution >= 0.6 is 0 Å². The van der Waals surface area contributed by atoms with Gasteiger partial charge in [0.2, 0.25) is 5.91 Å². The van der Waals surface area contributed by atoms with E-state index in [9.17, 15) is 4.79 Å². The predicted molar refractivity (Wildman–Crippen MR) is 89.0 cm³/mol. The highest BCUT2D eigenvalue weighted by molar-refractivity contribution is 5.97. The van der Waals surface area contributed by atoms with Crippen LogP contribution in [0.5, 0.6) is 0 Å². The molecule has 0 aliphatic heterocycles. The van der Waals surface area contributed by atoms with Gasteiger partial charge in [-0.2, -0.15) is 5.10 Å². The maximum atomic E-state index is 12.4. The number of carbonyl (C=O) groups excluding carboxylic acids is 1. The Hall–Kier alpha value is -2.69. The maximum absolute atomic E-state index is 12.4. The third-order valence-corrected chi connectivity index (χ3v) is 4.72. The second kappa shape index (κ2) is 5.19. The lowest BCUT2D eigenvalue weighted by Gasteiger charge is -2.14. The number of fused-ring (bicyclic) bond motifs is 1. The summed E-state index contributed by atoms with van der Waals surface area (Å²) < 4.78 is 1.80. The lowest BCUT2D eigenvalue weighted by molar-refractivity contribution is -0.121. The van der Waals surface area contributed by atoms with Crippen molar-refractivity contribution >= 4 is 17.2 Å². The van der Waals surface area contributed by atoms with E-state index in [1.165, 1.54) is 0 Å². The minimum Gasteiger partial charge on any atom is -0.326 e. The number of rotatable bonds is 4. The Labute approximate surface area is 134 Å². The van der Waals surface area contributed by atoms with Gasteiger partial charge in [0.15, 0.2) is 5.65 Å². The molecule has 1 saturated carbocycles. The van der Waals surface area contributed by atoms with Crippen molar-refractivity contribution in [2.75, 3.05) is 5.32 Å². The number of nitrogens with zero attached hydrogens (tertiary/aromatic N) is 3. The quantitative estimate of drug-likeness (QED) is 0.802. The molecule has 4 rings (SSSR count). The summed E-state index contributed by atoms with van der Waals surface area (Å²) in [5.41, 5.74) is 3.44. The van der Waals surface area contributed by atoms with Gasteiger partial charge >= 0.3 is 0 Å². The van der Waals surface area contributed by atoms with Crippen LogP contribution in [0.15, 0.2) is 48.8 Å². The van der Waals surface area contributed by atoms with Crippen LogP contribution in [0.3, 0.4) is 0 Å². The van der Waals surface area contributed by atoms with E-state index in [1.807, 2.05) is 36.4 Å². The summed E-state index contributed by atoms with van der Waals surface area (Å²) >= 11 is 0. The second-order valence-electron chi connectivity index (χ2n) is 6.10. The average molecular weight is 306 g/mol. The van der Waals surface area contributed by atoms with Gasteiger partial charge in [0, 0.05) is 28.9 Å². The molecule has 2 heterocycles. The van der Waals surface area contributed by atoms with Crippen LogP contribution in [0, 0.1) is 5.41 Å². The minimum absolute atomic E-state index is 0.135. The number of aromatic nitrogens is 3. The Morgan fingerprint density at radius 1 is 1.26 bits per heavy atom. The number of carbonyl (C=O) groups is 1. The number of hydrogen-bond donors (Lipinski definition) is 1. The fraction of sp³-hybridized carbons (Fsp3) is 0.278. The first-order chi connectivity index (χ1) is 11.2. The first kappa shape index (κ1) is 13.9. The molecule has 0 spiro atoms. The first-order valence-corrected chi connectivity index (χ1v) is 7.92. The monoisotopic (exact) mass is 306 g/mol. The van der Waals surface area contributed by atoms with Gasteiger partial charge in [-0.05, 0) is 37.5 Å². The van der Waals surface area contributed by atoms with Crippen molar-refractivity contribution in [3.63, 3.8) is 0 Å². The van der Waals surface area contributed by atoms with Gasteiger partial charge in [-0.1, -0.05) is 19.1 Å². The normalized spacial score (nSPS) is 15.5. The van der Waals surface area contributed by atoms with E-state index in [2.05, 4.69) is 22.3 Å². The number of nitrogens with one attached hydrogen (secondary N) is 1. The van der Waals surface area contributed by atoms with Crippen molar-refractivity contribution < 1.29 is 4.79 Å². The molecule has 0 unspecified atom stereocenters. The number of hydrogen-bond acceptors (Lipinski definition) is 3. The number of anilines is 1. The maximum Gasteiger partial charge on any atom is 0.230 e.